The maximum absolute atomic E-state index is 6.08. The van der Waals surface area contributed by atoms with Crippen LogP contribution in [0.15, 0.2) is 22.2 Å². The predicted molar refractivity (Wildman–Crippen MR) is 63.7 cm³/mol. The van der Waals surface area contributed by atoms with Gasteiger partial charge in [-0.05, 0) is 22.0 Å². The van der Waals surface area contributed by atoms with Crippen molar-refractivity contribution in [2.24, 2.45) is 12.8 Å². The summed E-state index contributed by atoms with van der Waals surface area (Å²) in [6.45, 7) is 0. The minimum Gasteiger partial charge on any atom is -0.323 e. The molecule has 1 unspecified atom stereocenters. The van der Waals surface area contributed by atoms with Crippen LogP contribution in [-0.4, -0.2) is 14.8 Å². The molecule has 4 nitrogen and oxygen atoms in total. The normalized spacial score (nSPS) is 13.0. The van der Waals surface area contributed by atoms with E-state index in [2.05, 4.69) is 26.0 Å². The molecular weight excluding hydrogens is 276 g/mol. The van der Waals surface area contributed by atoms with Gasteiger partial charge in [0.25, 0.3) is 0 Å². The number of halogens is 1. The molecule has 0 aliphatic rings. The lowest BCUT2D eigenvalue weighted by atomic mass is 10.2. The van der Waals surface area contributed by atoms with Crippen LogP contribution >= 0.6 is 27.3 Å². The number of rotatable bonds is 3. The van der Waals surface area contributed by atoms with Crippen LogP contribution < -0.4 is 5.73 Å². The summed E-state index contributed by atoms with van der Waals surface area (Å²) in [5, 5.41) is 6.05. The summed E-state index contributed by atoms with van der Waals surface area (Å²) in [5.41, 5.74) is 6.08. The Balaban J connectivity index is 2.10. The van der Waals surface area contributed by atoms with Crippen LogP contribution in [0.2, 0.25) is 0 Å². The van der Waals surface area contributed by atoms with Crippen LogP contribution in [0.25, 0.3) is 0 Å². The van der Waals surface area contributed by atoms with Gasteiger partial charge in [-0.25, -0.2) is 4.98 Å². The lowest BCUT2D eigenvalue weighted by molar-refractivity contribution is 0.635. The summed E-state index contributed by atoms with van der Waals surface area (Å²) < 4.78 is 2.83. The molecule has 15 heavy (non-hydrogen) atoms. The third-order valence-electron chi connectivity index (χ3n) is 2.16. The van der Waals surface area contributed by atoms with Crippen LogP contribution in [0.1, 0.15) is 16.7 Å². The van der Waals surface area contributed by atoms with Gasteiger partial charge in [0, 0.05) is 34.2 Å². The number of aromatic nitrogens is 3. The van der Waals surface area contributed by atoms with Crippen LogP contribution in [0.5, 0.6) is 0 Å². The number of hydrogen-bond acceptors (Lipinski definition) is 4. The number of thiophene rings is 1. The van der Waals surface area contributed by atoms with Crippen molar-refractivity contribution in [2.45, 2.75) is 12.5 Å². The summed E-state index contributed by atoms with van der Waals surface area (Å²) in [6, 6.07) is 2.04. The molecule has 0 radical (unpaired) electrons. The molecular formula is C9H11BrN4S. The van der Waals surface area contributed by atoms with E-state index in [0.717, 1.165) is 15.2 Å². The fourth-order valence-electron chi connectivity index (χ4n) is 1.32. The third kappa shape index (κ3) is 2.45. The molecule has 0 spiro atoms. The van der Waals surface area contributed by atoms with E-state index in [9.17, 15) is 0 Å². The summed E-state index contributed by atoms with van der Waals surface area (Å²) in [7, 11) is 1.87. The molecule has 2 heterocycles. The smallest absolute Gasteiger partial charge is 0.138 e. The number of aryl methyl sites for hydroxylation is 1. The van der Waals surface area contributed by atoms with Gasteiger partial charge in [-0.1, -0.05) is 0 Å². The number of nitrogens with zero attached hydrogens (tertiary/aromatic N) is 3. The summed E-state index contributed by atoms with van der Waals surface area (Å²) in [5.74, 6) is 0.909. The first-order valence-electron chi connectivity index (χ1n) is 4.49. The van der Waals surface area contributed by atoms with Crippen molar-refractivity contribution in [2.75, 3.05) is 0 Å². The average Bonchev–Trinajstić information content (AvgIpc) is 2.77. The Hall–Kier alpha value is -0.720. The summed E-state index contributed by atoms with van der Waals surface area (Å²) in [6.07, 6.45) is 2.26. The Morgan fingerprint density at radius 2 is 2.47 bits per heavy atom. The maximum atomic E-state index is 6.08. The lowest BCUT2D eigenvalue weighted by Gasteiger charge is -2.07. The highest BCUT2D eigenvalue weighted by atomic mass is 79.9. The van der Waals surface area contributed by atoms with Gasteiger partial charge < -0.3 is 5.73 Å². The van der Waals surface area contributed by atoms with Crippen molar-refractivity contribution in [3.8, 4) is 0 Å². The second-order valence-electron chi connectivity index (χ2n) is 3.28. The molecule has 80 valence electrons. The SMILES string of the molecule is Cn1ncnc1CC(N)c1cc(Br)cs1. The average molecular weight is 287 g/mol. The highest BCUT2D eigenvalue weighted by molar-refractivity contribution is 9.10. The lowest BCUT2D eigenvalue weighted by Crippen LogP contribution is -2.14. The summed E-state index contributed by atoms with van der Waals surface area (Å²) in [4.78, 5) is 5.31. The van der Waals surface area contributed by atoms with E-state index in [-0.39, 0.29) is 6.04 Å². The van der Waals surface area contributed by atoms with Gasteiger partial charge >= 0.3 is 0 Å². The molecule has 0 aromatic carbocycles. The molecule has 2 N–H and O–H groups in total. The molecule has 1 atom stereocenters. The molecule has 0 aliphatic carbocycles. The Morgan fingerprint density at radius 1 is 1.67 bits per heavy atom. The highest BCUT2D eigenvalue weighted by Gasteiger charge is 2.12. The first kappa shape index (κ1) is 10.8. The number of nitrogens with two attached hydrogens (primary N) is 1. The molecule has 2 aromatic rings. The van der Waals surface area contributed by atoms with Crippen molar-refractivity contribution in [3.63, 3.8) is 0 Å². The van der Waals surface area contributed by atoms with Gasteiger partial charge in [-0.15, -0.1) is 11.3 Å². The van der Waals surface area contributed by atoms with E-state index >= 15 is 0 Å². The molecule has 0 fully saturated rings. The minimum atomic E-state index is -0.0100. The minimum absolute atomic E-state index is 0.0100. The standard InChI is InChI=1S/C9H11BrN4S/c1-14-9(12-5-13-14)3-7(11)8-2-6(10)4-15-8/h2,4-5,7H,3,11H2,1H3. The Bertz CT molecular complexity index is 450. The monoisotopic (exact) mass is 286 g/mol. The molecule has 0 saturated heterocycles. The molecule has 6 heteroatoms. The Labute approximate surface area is 100 Å². The summed E-state index contributed by atoms with van der Waals surface area (Å²) >= 11 is 5.07. The van der Waals surface area contributed by atoms with Crippen LogP contribution in [0, 0.1) is 0 Å². The van der Waals surface area contributed by atoms with Crippen molar-refractivity contribution in [1.82, 2.24) is 14.8 Å². The zero-order valence-electron chi connectivity index (χ0n) is 8.22. The van der Waals surface area contributed by atoms with Gasteiger partial charge in [0.1, 0.15) is 12.2 Å². The van der Waals surface area contributed by atoms with Gasteiger partial charge in [0.05, 0.1) is 0 Å². The van der Waals surface area contributed by atoms with E-state index < -0.39 is 0 Å². The largest absolute Gasteiger partial charge is 0.323 e. The maximum Gasteiger partial charge on any atom is 0.138 e. The van der Waals surface area contributed by atoms with Gasteiger partial charge in [0.2, 0.25) is 0 Å². The number of hydrogen-bond donors (Lipinski definition) is 1. The third-order valence-corrected chi connectivity index (χ3v) is 3.99. The molecule has 0 amide bonds. The zero-order valence-corrected chi connectivity index (χ0v) is 10.6. The second-order valence-corrected chi connectivity index (χ2v) is 5.14. The fourth-order valence-corrected chi connectivity index (χ4v) is 2.77. The van der Waals surface area contributed by atoms with Crippen LogP contribution in [-0.2, 0) is 13.5 Å². The fraction of sp³-hybridized carbons (Fsp3) is 0.333. The van der Waals surface area contributed by atoms with Crippen molar-refractivity contribution in [1.29, 1.82) is 0 Å². The van der Waals surface area contributed by atoms with E-state index in [1.54, 1.807) is 22.3 Å². The molecule has 2 rings (SSSR count). The van der Waals surface area contributed by atoms with E-state index in [4.69, 9.17) is 5.73 Å². The topological polar surface area (TPSA) is 56.7 Å². The van der Waals surface area contributed by atoms with Crippen molar-refractivity contribution in [3.05, 3.63) is 32.9 Å². The first-order valence-corrected chi connectivity index (χ1v) is 6.16. The predicted octanol–water partition coefficient (Wildman–Crippen LogP) is 1.88. The molecule has 0 aliphatic heterocycles. The quantitative estimate of drug-likeness (QED) is 0.937. The van der Waals surface area contributed by atoms with E-state index in [1.165, 1.54) is 0 Å². The molecule has 0 bridgehead atoms. The van der Waals surface area contributed by atoms with Gasteiger partial charge in [-0.2, -0.15) is 5.10 Å². The van der Waals surface area contributed by atoms with Gasteiger partial charge in [0.15, 0.2) is 0 Å². The second kappa shape index (κ2) is 4.42. The van der Waals surface area contributed by atoms with Crippen LogP contribution in [0.3, 0.4) is 0 Å². The van der Waals surface area contributed by atoms with Gasteiger partial charge in [-0.3, -0.25) is 4.68 Å². The molecule has 0 saturated carbocycles. The highest BCUT2D eigenvalue weighted by Crippen LogP contribution is 2.25. The Morgan fingerprint density at radius 3 is 3.00 bits per heavy atom. The van der Waals surface area contributed by atoms with E-state index in [0.29, 0.717) is 6.42 Å². The van der Waals surface area contributed by atoms with E-state index in [1.807, 2.05) is 18.5 Å². The van der Waals surface area contributed by atoms with Crippen molar-refractivity contribution < 1.29 is 0 Å². The molecule has 2 aromatic heterocycles. The zero-order chi connectivity index (χ0) is 10.8. The first-order chi connectivity index (χ1) is 7.16. The van der Waals surface area contributed by atoms with Crippen LogP contribution in [0.4, 0.5) is 0 Å². The Kier molecular flexibility index (Phi) is 3.18. The van der Waals surface area contributed by atoms with Crippen molar-refractivity contribution >= 4 is 27.3 Å².